The lowest BCUT2D eigenvalue weighted by molar-refractivity contribution is -0.182. The SMILES string of the molecule is C=CN(/C=N\N)c1cc(C(=O)NC(C)(C)C(F)(F)F)cc(-c2ccc(F)cc2)c1. The molecule has 1 amide bonds. The Morgan fingerprint density at radius 2 is 1.76 bits per heavy atom. The second kappa shape index (κ2) is 8.34. The average molecular weight is 408 g/mol. The molecule has 3 N–H and O–H groups in total. The fourth-order valence-corrected chi connectivity index (χ4v) is 2.42. The quantitative estimate of drug-likeness (QED) is 0.244. The number of carbonyl (C=O) groups is 1. The smallest absolute Gasteiger partial charge is 0.338 e. The number of nitrogens with two attached hydrogens (primary N) is 1. The monoisotopic (exact) mass is 408 g/mol. The van der Waals surface area contributed by atoms with Crippen molar-refractivity contribution < 1.29 is 22.4 Å². The molecule has 0 aliphatic rings. The summed E-state index contributed by atoms with van der Waals surface area (Å²) in [4.78, 5) is 14.0. The third-order valence-corrected chi connectivity index (χ3v) is 4.18. The Balaban J connectivity index is 2.55. The second-order valence-corrected chi connectivity index (χ2v) is 6.71. The summed E-state index contributed by atoms with van der Waals surface area (Å²) < 4.78 is 52.7. The molecule has 2 rings (SSSR count). The lowest BCUT2D eigenvalue weighted by Crippen LogP contribution is -2.54. The van der Waals surface area contributed by atoms with Gasteiger partial charge in [-0.1, -0.05) is 18.7 Å². The molecule has 0 radical (unpaired) electrons. The Labute approximate surface area is 165 Å². The van der Waals surface area contributed by atoms with Crippen LogP contribution in [0.2, 0.25) is 0 Å². The van der Waals surface area contributed by atoms with Gasteiger partial charge in [0, 0.05) is 17.5 Å². The van der Waals surface area contributed by atoms with E-state index in [9.17, 15) is 22.4 Å². The first-order chi connectivity index (χ1) is 13.5. The number of hydrazone groups is 1. The van der Waals surface area contributed by atoms with E-state index in [4.69, 9.17) is 5.84 Å². The number of rotatable bonds is 6. The Morgan fingerprint density at radius 3 is 2.28 bits per heavy atom. The molecular formula is C20H20F4N4O. The van der Waals surface area contributed by atoms with Crippen molar-refractivity contribution in [2.75, 3.05) is 4.90 Å². The maximum Gasteiger partial charge on any atom is 0.410 e. The van der Waals surface area contributed by atoms with Crippen molar-refractivity contribution in [3.05, 3.63) is 66.6 Å². The van der Waals surface area contributed by atoms with E-state index in [1.165, 1.54) is 53.8 Å². The number of carbonyl (C=O) groups excluding carboxylic acids is 1. The zero-order valence-electron chi connectivity index (χ0n) is 15.8. The second-order valence-electron chi connectivity index (χ2n) is 6.71. The Kier molecular flexibility index (Phi) is 6.31. The van der Waals surface area contributed by atoms with Gasteiger partial charge in [0.2, 0.25) is 0 Å². The third-order valence-electron chi connectivity index (χ3n) is 4.18. The molecule has 2 aromatic carbocycles. The minimum atomic E-state index is -4.64. The molecule has 0 saturated carbocycles. The zero-order chi connectivity index (χ0) is 21.8. The summed E-state index contributed by atoms with van der Waals surface area (Å²) in [7, 11) is 0. The molecule has 0 spiro atoms. The number of benzene rings is 2. The third kappa shape index (κ3) is 5.13. The van der Waals surface area contributed by atoms with Crippen LogP contribution in [0, 0.1) is 5.82 Å². The molecule has 0 saturated heterocycles. The van der Waals surface area contributed by atoms with Crippen LogP contribution in [0.5, 0.6) is 0 Å². The molecule has 0 bridgehead atoms. The summed E-state index contributed by atoms with van der Waals surface area (Å²) in [6.07, 6.45) is -2.06. The normalized spacial score (nSPS) is 12.1. The maximum absolute atomic E-state index is 13.2. The minimum absolute atomic E-state index is 0.0311. The van der Waals surface area contributed by atoms with Crippen LogP contribution < -0.4 is 16.1 Å². The van der Waals surface area contributed by atoms with Crippen LogP contribution in [0.3, 0.4) is 0 Å². The van der Waals surface area contributed by atoms with Gasteiger partial charge in [0.05, 0.1) is 0 Å². The van der Waals surface area contributed by atoms with Gasteiger partial charge in [-0.05, 0) is 55.3 Å². The number of halogens is 4. The topological polar surface area (TPSA) is 70.7 Å². The van der Waals surface area contributed by atoms with Crippen molar-refractivity contribution in [2.45, 2.75) is 25.6 Å². The van der Waals surface area contributed by atoms with Crippen LogP contribution in [-0.2, 0) is 0 Å². The molecule has 29 heavy (non-hydrogen) atoms. The van der Waals surface area contributed by atoms with Crippen molar-refractivity contribution in [3.8, 4) is 11.1 Å². The maximum atomic E-state index is 13.2. The van der Waals surface area contributed by atoms with Crippen LogP contribution in [0.15, 0.2) is 60.3 Å². The molecule has 0 aliphatic heterocycles. The molecule has 2 aromatic rings. The van der Waals surface area contributed by atoms with Crippen molar-refractivity contribution in [2.24, 2.45) is 10.9 Å². The Morgan fingerprint density at radius 1 is 1.14 bits per heavy atom. The van der Waals surface area contributed by atoms with E-state index in [0.29, 0.717) is 16.8 Å². The van der Waals surface area contributed by atoms with Gasteiger partial charge in [-0.3, -0.25) is 4.79 Å². The predicted molar refractivity (Wildman–Crippen MR) is 105 cm³/mol. The first-order valence-corrected chi connectivity index (χ1v) is 8.43. The molecule has 9 heteroatoms. The summed E-state index contributed by atoms with van der Waals surface area (Å²) in [5.74, 6) is 3.80. The van der Waals surface area contributed by atoms with Crippen molar-refractivity contribution >= 4 is 17.9 Å². The Bertz CT molecular complexity index is 921. The molecule has 5 nitrogen and oxygen atoms in total. The molecule has 0 fully saturated rings. The van der Waals surface area contributed by atoms with E-state index in [1.807, 2.05) is 5.32 Å². The number of nitrogens with one attached hydrogen (secondary N) is 1. The van der Waals surface area contributed by atoms with Crippen LogP contribution in [0.4, 0.5) is 23.2 Å². The van der Waals surface area contributed by atoms with Crippen molar-refractivity contribution in [1.82, 2.24) is 5.32 Å². The summed E-state index contributed by atoms with van der Waals surface area (Å²) >= 11 is 0. The summed E-state index contributed by atoms with van der Waals surface area (Å²) in [5.41, 5.74) is -1.05. The number of hydrogen-bond donors (Lipinski definition) is 2. The number of hydrogen-bond acceptors (Lipinski definition) is 3. The molecule has 0 aromatic heterocycles. The predicted octanol–water partition coefficient (Wildman–Crippen LogP) is 4.42. The molecule has 0 heterocycles. The van der Waals surface area contributed by atoms with Gasteiger partial charge >= 0.3 is 6.18 Å². The lowest BCUT2D eigenvalue weighted by atomic mass is 9.99. The lowest BCUT2D eigenvalue weighted by Gasteiger charge is -2.29. The summed E-state index contributed by atoms with van der Waals surface area (Å²) in [6.45, 7) is 5.35. The molecule has 0 unspecified atom stereocenters. The van der Waals surface area contributed by atoms with E-state index in [-0.39, 0.29) is 5.56 Å². The molecule has 154 valence electrons. The fraction of sp³-hybridized carbons (Fsp3) is 0.200. The highest BCUT2D eigenvalue weighted by atomic mass is 19.4. The number of nitrogens with zero attached hydrogens (tertiary/aromatic N) is 2. The van der Waals surface area contributed by atoms with E-state index < -0.39 is 23.4 Å². The van der Waals surface area contributed by atoms with E-state index >= 15 is 0 Å². The number of anilines is 1. The number of amides is 1. The molecular weight excluding hydrogens is 388 g/mol. The summed E-state index contributed by atoms with van der Waals surface area (Å²) in [6, 6.07) is 9.89. The summed E-state index contributed by atoms with van der Waals surface area (Å²) in [5, 5.41) is 5.38. The van der Waals surface area contributed by atoms with Crippen molar-refractivity contribution in [3.63, 3.8) is 0 Å². The highest BCUT2D eigenvalue weighted by Gasteiger charge is 2.48. The van der Waals surface area contributed by atoms with Crippen LogP contribution in [0.25, 0.3) is 11.1 Å². The van der Waals surface area contributed by atoms with Gasteiger partial charge in [0.15, 0.2) is 0 Å². The van der Waals surface area contributed by atoms with Crippen molar-refractivity contribution in [1.29, 1.82) is 0 Å². The van der Waals surface area contributed by atoms with Gasteiger partial charge in [0.1, 0.15) is 17.7 Å². The largest absolute Gasteiger partial charge is 0.410 e. The molecule has 0 aliphatic carbocycles. The first kappa shape index (κ1) is 21.9. The van der Waals surface area contributed by atoms with Gasteiger partial charge < -0.3 is 16.1 Å². The van der Waals surface area contributed by atoms with E-state index in [1.54, 1.807) is 6.07 Å². The minimum Gasteiger partial charge on any atom is -0.338 e. The standard InChI is InChI=1S/C20H20F4N4O/c1-4-28(12-26-25)17-10-14(13-5-7-16(21)8-6-13)9-15(11-17)18(29)27-19(2,3)20(22,23)24/h4-12H,1,25H2,2-3H3,(H,27,29)/b26-12-. The van der Waals surface area contributed by atoms with Gasteiger partial charge in [-0.15, -0.1) is 0 Å². The molecule has 0 atom stereocenters. The van der Waals surface area contributed by atoms with Crippen LogP contribution in [-0.4, -0.2) is 24.0 Å². The van der Waals surface area contributed by atoms with Crippen LogP contribution in [0.1, 0.15) is 24.2 Å². The Hall–Kier alpha value is -3.36. The van der Waals surface area contributed by atoms with Gasteiger partial charge in [-0.25, -0.2) is 4.39 Å². The highest BCUT2D eigenvalue weighted by molar-refractivity contribution is 5.98. The average Bonchev–Trinajstić information content (AvgIpc) is 2.65. The van der Waals surface area contributed by atoms with Crippen LogP contribution >= 0.6 is 0 Å². The fourth-order valence-electron chi connectivity index (χ4n) is 2.42. The zero-order valence-corrected chi connectivity index (χ0v) is 15.8. The highest BCUT2D eigenvalue weighted by Crippen LogP contribution is 2.31. The van der Waals surface area contributed by atoms with Gasteiger partial charge in [0.25, 0.3) is 5.91 Å². The van der Waals surface area contributed by atoms with E-state index in [0.717, 1.165) is 13.8 Å². The van der Waals surface area contributed by atoms with E-state index in [2.05, 4.69) is 11.7 Å². The van der Waals surface area contributed by atoms with Gasteiger partial charge in [-0.2, -0.15) is 18.3 Å². The first-order valence-electron chi connectivity index (χ1n) is 8.43. The number of alkyl halides is 3.